The molecule has 5 rings (SSSR count). The zero-order valence-corrected chi connectivity index (χ0v) is 23.8. The average molecular weight is 567 g/mol. The van der Waals surface area contributed by atoms with E-state index in [1.165, 1.54) is 12.1 Å². The summed E-state index contributed by atoms with van der Waals surface area (Å²) < 4.78 is 0. The maximum atomic E-state index is 13.3. The SMILES string of the molecule is CCCCCc1c(C(N)=O)c2c(C(N)=O)ccc3c4ccc(C(=O)O)c5c(C(=O)O)ccc(c(c1CCCCC)c23)c54. The van der Waals surface area contributed by atoms with Crippen LogP contribution in [0.4, 0.5) is 0 Å². The van der Waals surface area contributed by atoms with E-state index in [4.69, 9.17) is 11.5 Å². The van der Waals surface area contributed by atoms with Crippen LogP contribution < -0.4 is 11.5 Å². The molecule has 8 nitrogen and oxygen atoms in total. The predicted molar refractivity (Wildman–Crippen MR) is 165 cm³/mol. The molecule has 0 saturated carbocycles. The highest BCUT2D eigenvalue weighted by molar-refractivity contribution is 6.39. The molecule has 0 saturated heterocycles. The molecule has 0 aromatic heterocycles. The molecule has 0 radical (unpaired) electrons. The number of hydrogen-bond donors (Lipinski definition) is 4. The molecular weight excluding hydrogens is 532 g/mol. The summed E-state index contributed by atoms with van der Waals surface area (Å²) in [5, 5.41) is 24.6. The van der Waals surface area contributed by atoms with E-state index in [1.54, 1.807) is 24.3 Å². The van der Waals surface area contributed by atoms with E-state index in [-0.39, 0.29) is 22.1 Å². The molecule has 8 heteroatoms. The molecule has 0 heterocycles. The fraction of sp³-hybridized carbons (Fsp3) is 0.294. The van der Waals surface area contributed by atoms with E-state index in [2.05, 4.69) is 13.8 Å². The summed E-state index contributed by atoms with van der Waals surface area (Å²) in [6.45, 7) is 4.20. The monoisotopic (exact) mass is 566 g/mol. The van der Waals surface area contributed by atoms with Gasteiger partial charge in [-0.05, 0) is 87.3 Å². The predicted octanol–water partition coefficient (Wildman–Crippen LogP) is 6.80. The van der Waals surface area contributed by atoms with Crippen LogP contribution in [0.25, 0.3) is 43.1 Å². The van der Waals surface area contributed by atoms with Gasteiger partial charge < -0.3 is 21.7 Å². The zero-order chi connectivity index (χ0) is 30.3. The number of carbonyl (C=O) groups is 4. The molecule has 5 aromatic carbocycles. The number of hydrogen-bond acceptors (Lipinski definition) is 4. The first-order chi connectivity index (χ1) is 20.1. The fourth-order valence-electron chi connectivity index (χ4n) is 6.66. The lowest BCUT2D eigenvalue weighted by molar-refractivity contribution is 0.0695. The van der Waals surface area contributed by atoms with Gasteiger partial charge in [0.2, 0.25) is 11.8 Å². The zero-order valence-electron chi connectivity index (χ0n) is 23.8. The van der Waals surface area contributed by atoms with Crippen LogP contribution in [0.5, 0.6) is 0 Å². The second kappa shape index (κ2) is 11.3. The van der Waals surface area contributed by atoms with E-state index in [9.17, 15) is 29.4 Å². The first-order valence-corrected chi connectivity index (χ1v) is 14.4. The molecule has 0 spiro atoms. The van der Waals surface area contributed by atoms with Crippen molar-refractivity contribution in [1.82, 2.24) is 0 Å². The van der Waals surface area contributed by atoms with Crippen LogP contribution in [0.2, 0.25) is 0 Å². The Morgan fingerprint density at radius 1 is 0.548 bits per heavy atom. The number of carbonyl (C=O) groups excluding carboxylic acids is 2. The highest BCUT2D eigenvalue weighted by Gasteiger charge is 2.29. The summed E-state index contributed by atoms with van der Waals surface area (Å²) in [4.78, 5) is 50.8. The highest BCUT2D eigenvalue weighted by atomic mass is 16.4. The van der Waals surface area contributed by atoms with Gasteiger partial charge in [0.25, 0.3) is 0 Å². The summed E-state index contributed by atoms with van der Waals surface area (Å²) >= 11 is 0. The van der Waals surface area contributed by atoms with Gasteiger partial charge in [-0.1, -0.05) is 57.7 Å². The minimum absolute atomic E-state index is 0.106. The largest absolute Gasteiger partial charge is 0.478 e. The first kappa shape index (κ1) is 28.8. The standard InChI is InChI=1S/C34H34N2O6/c1-3-5-7-9-17-18(10-8-6-4-2)30(32(36)38)29-22(31(35)37)14-11-20-19-12-15-23(33(39)40)27-24(34(41)42)16-13-21(25(19)27)26(17)28(20)29/h11-16H,3-10H2,1-2H3,(H2,35,37)(H2,36,38)(H,39,40)(H,41,42). The lowest BCUT2D eigenvalue weighted by Crippen LogP contribution is -2.20. The lowest BCUT2D eigenvalue weighted by atomic mass is 9.78. The van der Waals surface area contributed by atoms with Crippen LogP contribution in [0.3, 0.4) is 0 Å². The van der Waals surface area contributed by atoms with Gasteiger partial charge >= 0.3 is 11.9 Å². The number of aryl methyl sites for hydroxylation is 1. The summed E-state index contributed by atoms with van der Waals surface area (Å²) in [6.07, 6.45) is 6.70. The number of rotatable bonds is 12. The summed E-state index contributed by atoms with van der Waals surface area (Å²) in [7, 11) is 0. The summed E-state index contributed by atoms with van der Waals surface area (Å²) in [6, 6.07) is 9.56. The van der Waals surface area contributed by atoms with Crippen LogP contribution in [-0.4, -0.2) is 34.0 Å². The third kappa shape index (κ3) is 4.47. The van der Waals surface area contributed by atoms with Crippen molar-refractivity contribution in [3.05, 3.63) is 69.8 Å². The minimum atomic E-state index is -1.23. The Balaban J connectivity index is 2.14. The Hall–Kier alpha value is -4.72. The van der Waals surface area contributed by atoms with E-state index in [0.717, 1.165) is 55.0 Å². The van der Waals surface area contributed by atoms with Crippen molar-refractivity contribution in [2.24, 2.45) is 11.5 Å². The minimum Gasteiger partial charge on any atom is -0.478 e. The van der Waals surface area contributed by atoms with Crippen molar-refractivity contribution in [3.63, 3.8) is 0 Å². The maximum Gasteiger partial charge on any atom is 0.336 e. The number of unbranched alkanes of at least 4 members (excludes halogenated alkanes) is 4. The fourth-order valence-corrected chi connectivity index (χ4v) is 6.66. The molecule has 0 bridgehead atoms. The lowest BCUT2D eigenvalue weighted by Gasteiger charge is -2.25. The number of primary amides is 2. The Morgan fingerprint density at radius 3 is 1.55 bits per heavy atom. The number of carboxylic acids is 2. The van der Waals surface area contributed by atoms with Gasteiger partial charge in [-0.25, -0.2) is 9.59 Å². The number of amides is 2. The smallest absolute Gasteiger partial charge is 0.336 e. The Kier molecular flexibility index (Phi) is 7.73. The van der Waals surface area contributed by atoms with Crippen molar-refractivity contribution in [1.29, 1.82) is 0 Å². The van der Waals surface area contributed by atoms with E-state index < -0.39 is 23.8 Å². The first-order valence-electron chi connectivity index (χ1n) is 14.4. The molecule has 0 atom stereocenters. The van der Waals surface area contributed by atoms with Gasteiger partial charge in [0.15, 0.2) is 0 Å². The van der Waals surface area contributed by atoms with E-state index in [1.807, 2.05) is 0 Å². The maximum absolute atomic E-state index is 13.3. The molecule has 0 fully saturated rings. The number of fused-ring (bicyclic) bond motifs is 2. The van der Waals surface area contributed by atoms with E-state index >= 15 is 0 Å². The molecule has 216 valence electrons. The second-order valence-electron chi connectivity index (χ2n) is 10.9. The van der Waals surface area contributed by atoms with Crippen molar-refractivity contribution in [2.45, 2.75) is 65.2 Å². The third-order valence-corrected chi connectivity index (χ3v) is 8.43. The summed E-state index contributed by atoms with van der Waals surface area (Å²) in [5.74, 6) is -3.78. The molecule has 0 unspecified atom stereocenters. The molecular formula is C34H34N2O6. The molecule has 0 aliphatic rings. The quantitative estimate of drug-likeness (QED) is 0.0738. The topological polar surface area (TPSA) is 161 Å². The van der Waals surface area contributed by atoms with Gasteiger partial charge in [0.05, 0.1) is 16.7 Å². The van der Waals surface area contributed by atoms with Gasteiger partial charge in [0.1, 0.15) is 0 Å². The molecule has 42 heavy (non-hydrogen) atoms. The van der Waals surface area contributed by atoms with Gasteiger partial charge in [-0.2, -0.15) is 0 Å². The van der Waals surface area contributed by atoms with E-state index in [0.29, 0.717) is 50.7 Å². The molecule has 2 amide bonds. The second-order valence-corrected chi connectivity index (χ2v) is 10.9. The third-order valence-electron chi connectivity index (χ3n) is 8.43. The van der Waals surface area contributed by atoms with Crippen LogP contribution in [0.1, 0.15) is 105 Å². The Morgan fingerprint density at radius 2 is 1.05 bits per heavy atom. The van der Waals surface area contributed by atoms with Crippen LogP contribution in [0.15, 0.2) is 36.4 Å². The highest BCUT2D eigenvalue weighted by Crippen LogP contribution is 2.47. The van der Waals surface area contributed by atoms with Crippen LogP contribution in [0, 0.1) is 0 Å². The Labute approximate surface area is 242 Å². The number of aromatic carboxylic acids is 2. The number of nitrogens with two attached hydrogens (primary N) is 2. The van der Waals surface area contributed by atoms with Crippen LogP contribution in [-0.2, 0) is 12.8 Å². The molecule has 0 aliphatic heterocycles. The average Bonchev–Trinajstić information content (AvgIpc) is 2.95. The van der Waals surface area contributed by atoms with Gasteiger partial charge in [0, 0.05) is 16.3 Å². The normalized spacial score (nSPS) is 11.7. The van der Waals surface area contributed by atoms with Crippen molar-refractivity contribution < 1.29 is 29.4 Å². The Bertz CT molecular complexity index is 1900. The number of carboxylic acid groups (broad SMARTS) is 2. The van der Waals surface area contributed by atoms with Crippen molar-refractivity contribution in [2.75, 3.05) is 0 Å². The van der Waals surface area contributed by atoms with Crippen molar-refractivity contribution >= 4 is 66.8 Å². The summed E-state index contributed by atoms with van der Waals surface area (Å²) in [5.41, 5.74) is 14.0. The van der Waals surface area contributed by atoms with Gasteiger partial charge in [-0.15, -0.1) is 0 Å². The molecule has 0 aliphatic carbocycles. The van der Waals surface area contributed by atoms with Gasteiger partial charge in [-0.3, -0.25) is 9.59 Å². The van der Waals surface area contributed by atoms with Crippen molar-refractivity contribution in [3.8, 4) is 0 Å². The number of benzene rings is 5. The van der Waals surface area contributed by atoms with Crippen LogP contribution >= 0.6 is 0 Å². The molecule has 5 aromatic rings. The molecule has 6 N–H and O–H groups in total.